The summed E-state index contributed by atoms with van der Waals surface area (Å²) in [7, 11) is 0. The van der Waals surface area contributed by atoms with Gasteiger partial charge in [0.05, 0.1) is 5.92 Å². The predicted octanol–water partition coefficient (Wildman–Crippen LogP) is 1.77. The average molecular weight is 334 g/mol. The molecule has 1 aromatic carbocycles. The van der Waals surface area contributed by atoms with Gasteiger partial charge in [0.2, 0.25) is 11.8 Å². The third-order valence-electron chi connectivity index (χ3n) is 3.58. The molecule has 0 radical (unpaired) electrons. The number of carbonyl (C=O) groups is 2. The molecule has 23 heavy (non-hydrogen) atoms. The Morgan fingerprint density at radius 2 is 2.30 bits per heavy atom. The second kappa shape index (κ2) is 6.41. The normalized spacial score (nSPS) is 16.6. The van der Waals surface area contributed by atoms with Crippen LogP contribution in [-0.4, -0.2) is 28.6 Å². The van der Waals surface area contributed by atoms with Gasteiger partial charge in [-0.25, -0.2) is 4.39 Å². The molecule has 120 valence electrons. The first-order chi connectivity index (χ1) is 11.0. The summed E-state index contributed by atoms with van der Waals surface area (Å²) in [4.78, 5) is 24.1. The van der Waals surface area contributed by atoms with E-state index in [0.29, 0.717) is 24.2 Å². The number of fused-ring (bicyclic) bond motifs is 1. The Labute approximate surface area is 136 Å². The van der Waals surface area contributed by atoms with Crippen molar-refractivity contribution in [1.82, 2.24) is 15.5 Å². The Kier molecular flexibility index (Phi) is 4.33. The third-order valence-corrected chi connectivity index (χ3v) is 4.47. The molecule has 0 aliphatic carbocycles. The SMILES string of the molecule is Cc1nnc(CCNC(=O)C2CC(=O)Nc3ccc(F)cc32)s1. The Hall–Kier alpha value is -2.35. The molecule has 2 aromatic rings. The van der Waals surface area contributed by atoms with Crippen LogP contribution in [0.2, 0.25) is 0 Å². The Bertz CT molecular complexity index is 762. The molecule has 1 unspecified atom stereocenters. The number of nitrogens with one attached hydrogen (secondary N) is 2. The highest BCUT2D eigenvalue weighted by Gasteiger charge is 2.30. The standard InChI is InChI=1S/C15H15FN4O2S/c1-8-19-20-14(23-8)4-5-17-15(22)11-7-13(21)18-12-3-2-9(16)6-10(11)12/h2-3,6,11H,4-5,7H2,1H3,(H,17,22)(H,18,21). The molecule has 0 saturated carbocycles. The van der Waals surface area contributed by atoms with E-state index in [2.05, 4.69) is 20.8 Å². The number of halogens is 1. The zero-order valence-electron chi connectivity index (χ0n) is 12.4. The first-order valence-corrected chi connectivity index (χ1v) is 8.00. The number of aromatic nitrogens is 2. The lowest BCUT2D eigenvalue weighted by Crippen LogP contribution is -2.36. The second-order valence-electron chi connectivity index (χ2n) is 5.29. The summed E-state index contributed by atoms with van der Waals surface area (Å²) < 4.78 is 13.4. The predicted molar refractivity (Wildman–Crippen MR) is 83.7 cm³/mol. The third kappa shape index (κ3) is 3.53. The maximum atomic E-state index is 13.4. The largest absolute Gasteiger partial charge is 0.355 e. The van der Waals surface area contributed by atoms with Crippen LogP contribution in [0.15, 0.2) is 18.2 Å². The molecule has 0 fully saturated rings. The summed E-state index contributed by atoms with van der Waals surface area (Å²) >= 11 is 1.48. The van der Waals surface area contributed by atoms with E-state index in [1.807, 2.05) is 6.92 Å². The summed E-state index contributed by atoms with van der Waals surface area (Å²) in [5.41, 5.74) is 0.997. The highest BCUT2D eigenvalue weighted by Crippen LogP contribution is 2.32. The van der Waals surface area contributed by atoms with Crippen molar-refractivity contribution in [3.05, 3.63) is 39.6 Å². The van der Waals surface area contributed by atoms with E-state index in [1.165, 1.54) is 29.5 Å². The Balaban J connectivity index is 1.67. The fraction of sp³-hybridized carbons (Fsp3) is 0.333. The van der Waals surface area contributed by atoms with Gasteiger partial charge in [0.1, 0.15) is 15.8 Å². The molecule has 2 heterocycles. The molecule has 6 nitrogen and oxygen atoms in total. The molecule has 2 N–H and O–H groups in total. The van der Waals surface area contributed by atoms with Crippen LogP contribution in [0.25, 0.3) is 0 Å². The van der Waals surface area contributed by atoms with Crippen molar-refractivity contribution >= 4 is 28.8 Å². The highest BCUT2D eigenvalue weighted by molar-refractivity contribution is 7.11. The lowest BCUT2D eigenvalue weighted by atomic mass is 9.89. The molecular formula is C15H15FN4O2S. The number of rotatable bonds is 4. The van der Waals surface area contributed by atoms with Crippen LogP contribution < -0.4 is 10.6 Å². The summed E-state index contributed by atoms with van der Waals surface area (Å²) in [5, 5.41) is 15.1. The zero-order valence-corrected chi connectivity index (χ0v) is 13.2. The fourth-order valence-electron chi connectivity index (χ4n) is 2.52. The number of anilines is 1. The Morgan fingerprint density at radius 1 is 1.48 bits per heavy atom. The van der Waals surface area contributed by atoms with Crippen LogP contribution in [0.4, 0.5) is 10.1 Å². The number of carbonyl (C=O) groups excluding carboxylic acids is 2. The first-order valence-electron chi connectivity index (χ1n) is 7.19. The van der Waals surface area contributed by atoms with Gasteiger partial charge in [-0.15, -0.1) is 21.5 Å². The van der Waals surface area contributed by atoms with Gasteiger partial charge in [-0.3, -0.25) is 9.59 Å². The van der Waals surface area contributed by atoms with Crippen molar-refractivity contribution < 1.29 is 14.0 Å². The molecule has 0 saturated heterocycles. The average Bonchev–Trinajstić information content (AvgIpc) is 2.92. The van der Waals surface area contributed by atoms with Crippen LogP contribution in [0.3, 0.4) is 0 Å². The molecule has 1 aliphatic rings. The molecule has 0 spiro atoms. The quantitative estimate of drug-likeness (QED) is 0.892. The summed E-state index contributed by atoms with van der Waals surface area (Å²) in [6.07, 6.45) is 0.590. The minimum atomic E-state index is -0.675. The minimum Gasteiger partial charge on any atom is -0.355 e. The van der Waals surface area contributed by atoms with Crippen LogP contribution in [0.1, 0.15) is 27.9 Å². The summed E-state index contributed by atoms with van der Waals surface area (Å²) in [5.74, 6) is -1.63. The molecular weight excluding hydrogens is 319 g/mol. The fourth-order valence-corrected chi connectivity index (χ4v) is 3.23. The van der Waals surface area contributed by atoms with Crippen LogP contribution in [0.5, 0.6) is 0 Å². The maximum Gasteiger partial charge on any atom is 0.228 e. The van der Waals surface area contributed by atoms with Gasteiger partial charge in [0.25, 0.3) is 0 Å². The molecule has 2 amide bonds. The number of nitrogens with zero attached hydrogens (tertiary/aromatic N) is 2. The van der Waals surface area contributed by atoms with Crippen molar-refractivity contribution in [3.8, 4) is 0 Å². The van der Waals surface area contributed by atoms with E-state index in [-0.39, 0.29) is 18.2 Å². The monoisotopic (exact) mass is 334 g/mol. The number of amides is 2. The van der Waals surface area contributed by atoms with Crippen molar-refractivity contribution in [2.45, 2.75) is 25.7 Å². The van der Waals surface area contributed by atoms with Gasteiger partial charge < -0.3 is 10.6 Å². The van der Waals surface area contributed by atoms with Gasteiger partial charge in [-0.1, -0.05) is 0 Å². The first kappa shape index (κ1) is 15.5. The van der Waals surface area contributed by atoms with Crippen molar-refractivity contribution in [1.29, 1.82) is 0 Å². The van der Waals surface area contributed by atoms with E-state index >= 15 is 0 Å². The van der Waals surface area contributed by atoms with E-state index < -0.39 is 11.7 Å². The maximum absolute atomic E-state index is 13.4. The number of hydrogen-bond donors (Lipinski definition) is 2. The van der Waals surface area contributed by atoms with E-state index in [9.17, 15) is 14.0 Å². The minimum absolute atomic E-state index is 0.0141. The summed E-state index contributed by atoms with van der Waals surface area (Å²) in [6, 6.07) is 4.04. The van der Waals surface area contributed by atoms with Crippen LogP contribution >= 0.6 is 11.3 Å². The van der Waals surface area contributed by atoms with Gasteiger partial charge in [0.15, 0.2) is 0 Å². The highest BCUT2D eigenvalue weighted by atomic mass is 32.1. The lowest BCUT2D eigenvalue weighted by Gasteiger charge is -2.24. The number of benzene rings is 1. The van der Waals surface area contributed by atoms with Gasteiger partial charge >= 0.3 is 0 Å². The van der Waals surface area contributed by atoms with Gasteiger partial charge in [-0.2, -0.15) is 0 Å². The van der Waals surface area contributed by atoms with Crippen molar-refractivity contribution in [2.24, 2.45) is 0 Å². The number of aryl methyl sites for hydroxylation is 1. The van der Waals surface area contributed by atoms with Crippen LogP contribution in [0, 0.1) is 12.7 Å². The topological polar surface area (TPSA) is 84.0 Å². The van der Waals surface area contributed by atoms with E-state index in [0.717, 1.165) is 10.0 Å². The van der Waals surface area contributed by atoms with E-state index in [4.69, 9.17) is 0 Å². The molecule has 8 heteroatoms. The zero-order chi connectivity index (χ0) is 16.4. The lowest BCUT2D eigenvalue weighted by molar-refractivity contribution is -0.126. The van der Waals surface area contributed by atoms with E-state index in [1.54, 1.807) is 0 Å². The summed E-state index contributed by atoms with van der Waals surface area (Å²) in [6.45, 7) is 2.27. The van der Waals surface area contributed by atoms with Crippen LogP contribution in [-0.2, 0) is 16.0 Å². The second-order valence-corrected chi connectivity index (χ2v) is 6.56. The molecule has 0 bridgehead atoms. The Morgan fingerprint density at radius 3 is 3.04 bits per heavy atom. The van der Waals surface area contributed by atoms with Gasteiger partial charge in [0, 0.05) is 25.1 Å². The number of hydrogen-bond acceptors (Lipinski definition) is 5. The molecule has 1 aliphatic heterocycles. The molecule has 1 atom stereocenters. The van der Waals surface area contributed by atoms with Crippen molar-refractivity contribution in [2.75, 3.05) is 11.9 Å². The molecule has 1 aromatic heterocycles. The van der Waals surface area contributed by atoms with Gasteiger partial charge in [-0.05, 0) is 30.7 Å². The molecule has 3 rings (SSSR count). The smallest absolute Gasteiger partial charge is 0.228 e. The van der Waals surface area contributed by atoms with Crippen molar-refractivity contribution in [3.63, 3.8) is 0 Å².